The van der Waals surface area contributed by atoms with Crippen molar-refractivity contribution in [3.05, 3.63) is 64.7 Å². The number of fused-ring (bicyclic) bond motifs is 2. The summed E-state index contributed by atoms with van der Waals surface area (Å²) in [7, 11) is 0. The Balaban J connectivity index is 1.95. The van der Waals surface area contributed by atoms with Gasteiger partial charge in [0.1, 0.15) is 0 Å². The maximum absolute atomic E-state index is 4.92. The van der Waals surface area contributed by atoms with E-state index in [0.717, 1.165) is 11.2 Å². The lowest BCUT2D eigenvalue weighted by Gasteiger charge is -2.30. The van der Waals surface area contributed by atoms with Gasteiger partial charge in [0.05, 0.1) is 11.2 Å². The van der Waals surface area contributed by atoms with Gasteiger partial charge in [0.15, 0.2) is 0 Å². The van der Waals surface area contributed by atoms with E-state index in [1.807, 2.05) is 0 Å². The summed E-state index contributed by atoms with van der Waals surface area (Å²) in [5, 5.41) is 1.25. The first kappa shape index (κ1) is 12.6. The highest BCUT2D eigenvalue weighted by atomic mass is 14.7. The second-order valence-electron chi connectivity index (χ2n) is 6.33. The fourth-order valence-electron chi connectivity index (χ4n) is 3.60. The molecule has 1 atom stereocenters. The van der Waals surface area contributed by atoms with E-state index < -0.39 is 0 Å². The number of aromatic nitrogens is 1. The summed E-state index contributed by atoms with van der Waals surface area (Å²) in [6.45, 7) is 6.63. The Morgan fingerprint density at radius 1 is 1.05 bits per heavy atom. The van der Waals surface area contributed by atoms with Crippen molar-refractivity contribution < 1.29 is 0 Å². The quantitative estimate of drug-likeness (QED) is 0.595. The summed E-state index contributed by atoms with van der Waals surface area (Å²) in [6.07, 6.45) is 1.21. The minimum absolute atomic E-state index is 0.658. The molecule has 104 valence electrons. The van der Waals surface area contributed by atoms with Crippen molar-refractivity contribution in [1.82, 2.24) is 4.98 Å². The molecule has 2 aromatic carbocycles. The Morgan fingerprint density at radius 2 is 1.90 bits per heavy atom. The van der Waals surface area contributed by atoms with Crippen LogP contribution >= 0.6 is 0 Å². The summed E-state index contributed by atoms with van der Waals surface area (Å²) in [5.41, 5.74) is 9.16. The minimum atomic E-state index is 0.658. The van der Waals surface area contributed by atoms with Crippen molar-refractivity contribution in [2.24, 2.45) is 0 Å². The van der Waals surface area contributed by atoms with E-state index in [2.05, 4.69) is 63.2 Å². The summed E-state index contributed by atoms with van der Waals surface area (Å²) in [5.74, 6) is 0.658. The van der Waals surface area contributed by atoms with Crippen LogP contribution in [0.25, 0.3) is 22.2 Å². The normalized spacial score (nSPS) is 16.6. The number of pyridine rings is 1. The lowest BCUT2D eigenvalue weighted by Crippen LogP contribution is -2.16. The molecule has 4 rings (SSSR count). The zero-order valence-electron chi connectivity index (χ0n) is 12.8. The highest BCUT2D eigenvalue weighted by Crippen LogP contribution is 2.42. The molecule has 3 aromatic rings. The van der Waals surface area contributed by atoms with Gasteiger partial charge in [-0.1, -0.05) is 36.8 Å². The number of aryl methyl sites for hydroxylation is 2. The Morgan fingerprint density at radius 3 is 2.71 bits per heavy atom. The molecule has 1 unspecified atom stereocenters. The first-order chi connectivity index (χ1) is 10.1. The van der Waals surface area contributed by atoms with Crippen LogP contribution in [0.15, 0.2) is 42.5 Å². The van der Waals surface area contributed by atoms with Crippen molar-refractivity contribution in [2.75, 3.05) is 0 Å². The highest BCUT2D eigenvalue weighted by molar-refractivity contribution is 5.85. The van der Waals surface area contributed by atoms with Gasteiger partial charge in [-0.3, -0.25) is 0 Å². The number of benzene rings is 2. The maximum atomic E-state index is 4.92. The summed E-state index contributed by atoms with van der Waals surface area (Å²) < 4.78 is 0. The molecular formula is C20H19N. The highest BCUT2D eigenvalue weighted by Gasteiger charge is 2.26. The topological polar surface area (TPSA) is 12.9 Å². The second kappa shape index (κ2) is 4.42. The van der Waals surface area contributed by atoms with Crippen LogP contribution in [0.2, 0.25) is 0 Å². The third-order valence-corrected chi connectivity index (χ3v) is 4.65. The largest absolute Gasteiger partial charge is 0.248 e. The molecule has 0 radical (unpaired) electrons. The van der Waals surface area contributed by atoms with E-state index in [1.54, 1.807) is 0 Å². The Bertz CT molecular complexity index is 861. The average molecular weight is 273 g/mol. The van der Waals surface area contributed by atoms with E-state index in [9.17, 15) is 0 Å². The lowest BCUT2D eigenvalue weighted by molar-refractivity contribution is 0.668. The molecule has 1 aliphatic carbocycles. The van der Waals surface area contributed by atoms with Crippen LogP contribution < -0.4 is 0 Å². The Kier molecular flexibility index (Phi) is 2.65. The van der Waals surface area contributed by atoms with Gasteiger partial charge in [0.2, 0.25) is 0 Å². The van der Waals surface area contributed by atoms with Gasteiger partial charge in [0.25, 0.3) is 0 Å². The Hall–Kier alpha value is -2.15. The number of rotatable bonds is 1. The van der Waals surface area contributed by atoms with Crippen molar-refractivity contribution >= 4 is 10.9 Å². The molecule has 0 aliphatic heterocycles. The van der Waals surface area contributed by atoms with Gasteiger partial charge in [-0.25, -0.2) is 4.98 Å². The van der Waals surface area contributed by atoms with Crippen molar-refractivity contribution in [2.45, 2.75) is 33.1 Å². The van der Waals surface area contributed by atoms with Crippen molar-refractivity contribution in [3.63, 3.8) is 0 Å². The zero-order chi connectivity index (χ0) is 14.6. The van der Waals surface area contributed by atoms with Crippen LogP contribution in [0.4, 0.5) is 0 Å². The summed E-state index contributed by atoms with van der Waals surface area (Å²) >= 11 is 0. The van der Waals surface area contributed by atoms with Crippen LogP contribution in [0.1, 0.15) is 35.1 Å². The SMILES string of the molecule is Cc1cc2c(c(-c3ccc4c(C)cccc4n3)c1)C(C)C2. The minimum Gasteiger partial charge on any atom is -0.248 e. The van der Waals surface area contributed by atoms with Crippen LogP contribution in [-0.2, 0) is 6.42 Å². The molecule has 1 heteroatoms. The summed E-state index contributed by atoms with van der Waals surface area (Å²) in [4.78, 5) is 4.92. The molecule has 0 fully saturated rings. The molecule has 0 N–H and O–H groups in total. The van der Waals surface area contributed by atoms with E-state index in [1.165, 1.54) is 39.6 Å². The predicted octanol–water partition coefficient (Wildman–Crippen LogP) is 5.18. The first-order valence-corrected chi connectivity index (χ1v) is 7.63. The van der Waals surface area contributed by atoms with Crippen LogP contribution in [-0.4, -0.2) is 4.98 Å². The molecule has 21 heavy (non-hydrogen) atoms. The monoisotopic (exact) mass is 273 g/mol. The number of hydrogen-bond donors (Lipinski definition) is 0. The zero-order valence-corrected chi connectivity index (χ0v) is 12.8. The molecule has 1 aliphatic rings. The fourth-order valence-corrected chi connectivity index (χ4v) is 3.60. The van der Waals surface area contributed by atoms with Gasteiger partial charge in [0, 0.05) is 10.9 Å². The van der Waals surface area contributed by atoms with Crippen LogP contribution in [0.5, 0.6) is 0 Å². The molecule has 0 spiro atoms. The smallest absolute Gasteiger partial charge is 0.0712 e. The fraction of sp³-hybridized carbons (Fsp3) is 0.250. The predicted molar refractivity (Wildman–Crippen MR) is 88.8 cm³/mol. The van der Waals surface area contributed by atoms with E-state index in [0.29, 0.717) is 5.92 Å². The third-order valence-electron chi connectivity index (χ3n) is 4.65. The lowest BCUT2D eigenvalue weighted by atomic mass is 9.74. The molecule has 0 bridgehead atoms. The maximum Gasteiger partial charge on any atom is 0.0712 e. The van der Waals surface area contributed by atoms with Crippen LogP contribution in [0.3, 0.4) is 0 Å². The Labute approximate surface area is 125 Å². The van der Waals surface area contributed by atoms with Crippen molar-refractivity contribution in [3.8, 4) is 11.3 Å². The molecule has 1 heterocycles. The second-order valence-corrected chi connectivity index (χ2v) is 6.33. The van der Waals surface area contributed by atoms with Gasteiger partial charge in [-0.2, -0.15) is 0 Å². The van der Waals surface area contributed by atoms with E-state index in [-0.39, 0.29) is 0 Å². The third kappa shape index (κ3) is 1.88. The standard InChI is InChI=1S/C20H19N/c1-12-9-15-11-14(3)20(15)17(10-12)19-8-7-16-13(2)5-4-6-18(16)21-19/h4-10,14H,11H2,1-3H3. The van der Waals surface area contributed by atoms with E-state index in [4.69, 9.17) is 4.98 Å². The van der Waals surface area contributed by atoms with Crippen molar-refractivity contribution in [1.29, 1.82) is 0 Å². The first-order valence-electron chi connectivity index (χ1n) is 7.63. The van der Waals surface area contributed by atoms with Gasteiger partial charge in [-0.05, 0) is 61.1 Å². The molecule has 0 amide bonds. The van der Waals surface area contributed by atoms with E-state index >= 15 is 0 Å². The number of hydrogen-bond acceptors (Lipinski definition) is 1. The molecule has 1 aromatic heterocycles. The van der Waals surface area contributed by atoms with Gasteiger partial charge >= 0.3 is 0 Å². The van der Waals surface area contributed by atoms with Gasteiger partial charge < -0.3 is 0 Å². The summed E-state index contributed by atoms with van der Waals surface area (Å²) in [6, 6.07) is 15.3. The van der Waals surface area contributed by atoms with Crippen LogP contribution in [0, 0.1) is 13.8 Å². The molecule has 1 nitrogen and oxygen atoms in total. The number of nitrogens with zero attached hydrogens (tertiary/aromatic N) is 1. The molecule has 0 saturated heterocycles. The molecule has 0 saturated carbocycles. The average Bonchev–Trinajstić information content (AvgIpc) is 2.45. The van der Waals surface area contributed by atoms with Gasteiger partial charge in [-0.15, -0.1) is 0 Å². The molecular weight excluding hydrogens is 254 g/mol.